The van der Waals surface area contributed by atoms with Crippen molar-refractivity contribution in [3.63, 3.8) is 0 Å². The van der Waals surface area contributed by atoms with E-state index in [0.717, 1.165) is 128 Å². The molecule has 12 N–H and O–H groups in total. The van der Waals surface area contributed by atoms with Crippen molar-refractivity contribution in [1.29, 1.82) is 0 Å². The first-order chi connectivity index (χ1) is 53.3. The Morgan fingerprint density at radius 3 is 0.991 bits per heavy atom. The minimum absolute atomic E-state index is 0.212. The van der Waals surface area contributed by atoms with Crippen LogP contribution in [0.15, 0.2) is 146 Å². The third-order valence-electron chi connectivity index (χ3n) is 20.1. The molecule has 0 aromatic heterocycles. The number of aliphatic hydroxyl groups excluding tert-OH is 11. The van der Waals surface area contributed by atoms with Crippen molar-refractivity contribution in [2.75, 3.05) is 26.4 Å². The Morgan fingerprint density at radius 1 is 0.339 bits per heavy atom. The Labute approximate surface area is 657 Å². The molecule has 0 bridgehead atoms. The van der Waals surface area contributed by atoms with E-state index in [4.69, 9.17) is 28.4 Å². The smallest absolute Gasteiger partial charge is 0.220 e. The number of ether oxygens (including phenoxy) is 6. The van der Waals surface area contributed by atoms with Crippen LogP contribution in [0.2, 0.25) is 0 Å². The van der Waals surface area contributed by atoms with Crippen LogP contribution in [-0.4, -0.2) is 193 Å². The highest BCUT2D eigenvalue weighted by Crippen LogP contribution is 2.33. The zero-order valence-electron chi connectivity index (χ0n) is 67.0. The number of hydrogen-bond acceptors (Lipinski definition) is 18. The molecule has 0 aromatic rings. The minimum Gasteiger partial charge on any atom is -0.394 e. The fourth-order valence-electron chi connectivity index (χ4n) is 13.4. The molecular weight excluding hydrogens is 1380 g/mol. The second kappa shape index (κ2) is 68.1. The topological polar surface area (TPSA) is 307 Å². The third kappa shape index (κ3) is 47.2. The monoisotopic (exact) mass is 1530 g/mol. The van der Waals surface area contributed by atoms with Gasteiger partial charge in [-0.05, 0) is 103 Å². The summed E-state index contributed by atoms with van der Waals surface area (Å²) in [6.07, 6.45) is 72.5. The molecule has 0 spiro atoms. The second-order valence-corrected chi connectivity index (χ2v) is 29.6. The van der Waals surface area contributed by atoms with Crippen molar-refractivity contribution in [2.24, 2.45) is 0 Å². The molecule has 109 heavy (non-hydrogen) atoms. The summed E-state index contributed by atoms with van der Waals surface area (Å²) in [5.41, 5.74) is 0. The van der Waals surface area contributed by atoms with Gasteiger partial charge in [0.15, 0.2) is 18.9 Å². The van der Waals surface area contributed by atoms with Crippen LogP contribution in [0.25, 0.3) is 0 Å². The predicted octanol–water partition coefficient (Wildman–Crippen LogP) is 15.4. The van der Waals surface area contributed by atoms with Gasteiger partial charge in [0, 0.05) is 6.42 Å². The maximum atomic E-state index is 13.5. The lowest BCUT2D eigenvalue weighted by Gasteiger charge is -2.48. The first kappa shape index (κ1) is 98.9. The summed E-state index contributed by atoms with van der Waals surface area (Å²) in [5, 5.41) is 121. The van der Waals surface area contributed by atoms with Gasteiger partial charge < -0.3 is 89.9 Å². The van der Waals surface area contributed by atoms with Crippen LogP contribution in [0.4, 0.5) is 0 Å². The van der Waals surface area contributed by atoms with Gasteiger partial charge in [-0.15, -0.1) is 0 Å². The summed E-state index contributed by atoms with van der Waals surface area (Å²) in [4.78, 5) is 13.5. The Morgan fingerprint density at radius 2 is 0.633 bits per heavy atom. The number of hydrogen-bond donors (Lipinski definition) is 12. The van der Waals surface area contributed by atoms with Gasteiger partial charge in [-0.2, -0.15) is 0 Å². The molecule has 1 amide bonds. The minimum atomic E-state index is -1.99. The van der Waals surface area contributed by atoms with Gasteiger partial charge in [0.1, 0.15) is 73.2 Å². The van der Waals surface area contributed by atoms with E-state index < -0.39 is 124 Å². The molecule has 19 heteroatoms. The first-order valence-corrected chi connectivity index (χ1v) is 42.6. The molecule has 19 nitrogen and oxygen atoms in total. The van der Waals surface area contributed by atoms with E-state index in [9.17, 15) is 61.0 Å². The fraction of sp³-hybridized carbons (Fsp3) is 0.722. The quantitative estimate of drug-likeness (QED) is 0.0199. The molecule has 3 aliphatic rings. The van der Waals surface area contributed by atoms with Crippen molar-refractivity contribution in [2.45, 2.75) is 388 Å². The molecule has 0 aliphatic carbocycles. The van der Waals surface area contributed by atoms with E-state index in [2.05, 4.69) is 153 Å². The maximum Gasteiger partial charge on any atom is 0.220 e. The average Bonchev–Trinajstić information content (AvgIpc) is 0.759. The van der Waals surface area contributed by atoms with Crippen LogP contribution < -0.4 is 5.32 Å². The molecule has 17 unspecified atom stereocenters. The maximum absolute atomic E-state index is 13.5. The first-order valence-electron chi connectivity index (χ1n) is 42.6. The van der Waals surface area contributed by atoms with Crippen LogP contribution in [-0.2, 0) is 33.2 Å². The van der Waals surface area contributed by atoms with Crippen LogP contribution in [0.1, 0.15) is 284 Å². The van der Waals surface area contributed by atoms with Crippen molar-refractivity contribution in [3.05, 3.63) is 146 Å². The number of rotatable bonds is 66. The van der Waals surface area contributed by atoms with Gasteiger partial charge >= 0.3 is 0 Å². The number of unbranched alkanes of at least 4 members (excludes halogenated alkanes) is 28. The van der Waals surface area contributed by atoms with E-state index in [1.54, 1.807) is 6.08 Å². The molecule has 3 rings (SSSR count). The van der Waals surface area contributed by atoms with Crippen molar-refractivity contribution in [3.8, 4) is 0 Å². The Kier molecular flexibility index (Phi) is 61.8. The molecule has 17 atom stereocenters. The number of carbonyl (C=O) groups is 1. The summed E-state index contributed by atoms with van der Waals surface area (Å²) in [5.74, 6) is -0.298. The number of aliphatic hydroxyl groups is 11. The summed E-state index contributed by atoms with van der Waals surface area (Å²) >= 11 is 0. The van der Waals surface area contributed by atoms with E-state index >= 15 is 0 Å². The lowest BCUT2D eigenvalue weighted by atomic mass is 9.96. The van der Waals surface area contributed by atoms with Gasteiger partial charge in [0.05, 0.1) is 38.6 Å². The molecular formula is C90H151NO18. The predicted molar refractivity (Wildman–Crippen MR) is 438 cm³/mol. The summed E-state index contributed by atoms with van der Waals surface area (Å²) in [6.45, 7) is 1.62. The third-order valence-corrected chi connectivity index (χ3v) is 20.1. The molecule has 3 aliphatic heterocycles. The van der Waals surface area contributed by atoms with Crippen molar-refractivity contribution >= 4 is 5.91 Å². The van der Waals surface area contributed by atoms with E-state index in [1.165, 1.54) is 128 Å². The fourth-order valence-corrected chi connectivity index (χ4v) is 13.4. The van der Waals surface area contributed by atoms with Crippen molar-refractivity contribution in [1.82, 2.24) is 5.32 Å². The largest absolute Gasteiger partial charge is 0.394 e. The van der Waals surface area contributed by atoms with E-state index in [0.29, 0.717) is 6.42 Å². The Bertz CT molecular complexity index is 2540. The van der Waals surface area contributed by atoms with Gasteiger partial charge in [0.2, 0.25) is 5.91 Å². The summed E-state index contributed by atoms with van der Waals surface area (Å²) in [6, 6.07) is -0.997. The van der Waals surface area contributed by atoms with E-state index in [1.807, 2.05) is 6.08 Å². The van der Waals surface area contributed by atoms with Gasteiger partial charge in [-0.25, -0.2) is 0 Å². The van der Waals surface area contributed by atoms with Gasteiger partial charge in [-0.3, -0.25) is 4.79 Å². The summed E-state index contributed by atoms with van der Waals surface area (Å²) in [7, 11) is 0. The Balaban J connectivity index is 1.37. The zero-order chi connectivity index (χ0) is 78.8. The zero-order valence-corrected chi connectivity index (χ0v) is 67.0. The van der Waals surface area contributed by atoms with Gasteiger partial charge in [0.25, 0.3) is 0 Å². The van der Waals surface area contributed by atoms with Gasteiger partial charge in [-0.1, -0.05) is 320 Å². The van der Waals surface area contributed by atoms with Crippen LogP contribution in [0.3, 0.4) is 0 Å². The standard InChI is InChI=1S/C90H151NO18/c1-3-5-7-9-11-13-15-17-19-21-23-25-27-29-30-31-32-33-34-35-36-37-38-39-40-41-42-44-46-48-50-52-54-56-58-60-62-64-66-68-78(96)91-73(74(95)67-65-63-61-59-57-55-53-51-49-47-45-43-28-26-24-22-20-18-16-14-12-10-8-6-4-2)72-104-88-84(102)81(99)86(76(70-93)106-88)109-90-85(103)82(100)87(77(71-94)107-90)108-89-83(101)80(98)79(97)75(69-92)105-89/h5,7,11,13,17,19,23,25,29-30,32-33,35-36,38-39,41-42,46,48,52,54,65,67,73-77,79-90,92-95,97-103H,3-4,6,8-10,12,14-16,18,20-22,24,26-28,31,34,37,40,43-45,47,49-51,53,55-64,66,68-72H2,1-2H3,(H,91,96)/b7-5-,13-11-,19-17-,25-23-,30-29-,33-32-,36-35-,39-38-,42-41-,48-46-,54-52-,67-65+. The highest BCUT2D eigenvalue weighted by molar-refractivity contribution is 5.76. The normalized spacial score (nSPS) is 26.0. The summed E-state index contributed by atoms with van der Waals surface area (Å²) < 4.78 is 34.5. The molecule has 0 saturated carbocycles. The second-order valence-electron chi connectivity index (χ2n) is 29.6. The number of nitrogens with one attached hydrogen (secondary N) is 1. The van der Waals surface area contributed by atoms with Crippen LogP contribution >= 0.6 is 0 Å². The molecule has 624 valence electrons. The average molecular weight is 1540 g/mol. The Hall–Kier alpha value is -4.33. The lowest BCUT2D eigenvalue weighted by molar-refractivity contribution is -0.379. The van der Waals surface area contributed by atoms with Crippen molar-refractivity contribution < 1.29 is 89.4 Å². The SMILES string of the molecule is CC/C=C\C/C=C\C/C=C\C/C=C\C/C=C\C/C=C\C/C=C\C/C=C\C/C=C\C/C=C\C/C=C\CCCCCCCC(=O)NC(COC1OC(CO)C(OC2OC(CO)C(OC3OC(CO)C(O)C(O)C3O)C(O)C2O)C(O)C1O)C(O)/C=C/CCCCCCCCCCCCCCCCCCCCCCCCC. The molecule has 3 saturated heterocycles. The lowest BCUT2D eigenvalue weighted by Crippen LogP contribution is -2.66. The van der Waals surface area contributed by atoms with Crippen LogP contribution in [0.5, 0.6) is 0 Å². The highest BCUT2D eigenvalue weighted by Gasteiger charge is 2.54. The molecule has 0 radical (unpaired) electrons. The molecule has 0 aromatic carbocycles. The molecule has 3 fully saturated rings. The highest BCUT2D eigenvalue weighted by atomic mass is 16.8. The van der Waals surface area contributed by atoms with E-state index in [-0.39, 0.29) is 18.9 Å². The van der Waals surface area contributed by atoms with Crippen LogP contribution in [0, 0.1) is 0 Å². The number of carbonyl (C=O) groups excluding carboxylic acids is 1. The number of allylic oxidation sites excluding steroid dienone is 23. The molecule has 3 heterocycles. The number of amides is 1.